The van der Waals surface area contributed by atoms with Crippen molar-refractivity contribution in [2.45, 2.75) is 45.7 Å². The van der Waals surface area contributed by atoms with Crippen molar-refractivity contribution in [3.8, 4) is 0 Å². The largest absolute Gasteiger partial charge is 0.480 e. The van der Waals surface area contributed by atoms with Crippen LogP contribution in [0.15, 0.2) is 0 Å². The molecule has 1 unspecified atom stereocenters. The second-order valence-corrected chi connectivity index (χ2v) is 3.77. The third-order valence-electron chi connectivity index (χ3n) is 2.17. The number of ether oxygens (including phenoxy) is 1. The van der Waals surface area contributed by atoms with Crippen molar-refractivity contribution in [3.05, 3.63) is 0 Å². The van der Waals surface area contributed by atoms with Gasteiger partial charge in [0.1, 0.15) is 12.1 Å². The van der Waals surface area contributed by atoms with Crippen LogP contribution in [-0.2, 0) is 14.3 Å². The van der Waals surface area contributed by atoms with E-state index in [4.69, 9.17) is 9.84 Å². The Labute approximate surface area is 106 Å². The molecule has 0 aromatic heterocycles. The molecule has 0 bridgehead atoms. The molecule has 0 aromatic carbocycles. The van der Waals surface area contributed by atoms with Crippen LogP contribution in [0, 0.1) is 0 Å². The summed E-state index contributed by atoms with van der Waals surface area (Å²) in [6.07, 6.45) is 0.960. The molecule has 0 saturated heterocycles. The molecule has 7 heteroatoms. The fourth-order valence-electron chi connectivity index (χ4n) is 1.27. The second-order valence-electron chi connectivity index (χ2n) is 3.77. The minimum absolute atomic E-state index is 0.222. The SMILES string of the molecule is CCC[C@H](NC(=O)NC(C)C(=O)OCC)C(=O)O. The fraction of sp³-hybridized carbons (Fsp3) is 0.727. The lowest BCUT2D eigenvalue weighted by atomic mass is 10.2. The molecule has 0 aromatic rings. The van der Waals surface area contributed by atoms with Gasteiger partial charge in [0, 0.05) is 0 Å². The second kappa shape index (κ2) is 8.32. The molecule has 0 aliphatic heterocycles. The molecule has 0 radical (unpaired) electrons. The number of rotatable bonds is 7. The van der Waals surface area contributed by atoms with Crippen molar-refractivity contribution in [2.75, 3.05) is 6.61 Å². The number of carboxylic acids is 1. The number of hydrogen-bond donors (Lipinski definition) is 3. The van der Waals surface area contributed by atoms with Crippen molar-refractivity contribution in [1.29, 1.82) is 0 Å². The summed E-state index contributed by atoms with van der Waals surface area (Å²) >= 11 is 0. The first kappa shape index (κ1) is 16.2. The lowest BCUT2D eigenvalue weighted by Gasteiger charge is -2.17. The van der Waals surface area contributed by atoms with Crippen LogP contribution in [0.3, 0.4) is 0 Å². The number of aliphatic carboxylic acids is 1. The van der Waals surface area contributed by atoms with Gasteiger partial charge >= 0.3 is 18.0 Å². The van der Waals surface area contributed by atoms with Gasteiger partial charge in [0.15, 0.2) is 0 Å². The third kappa shape index (κ3) is 6.07. The third-order valence-corrected chi connectivity index (χ3v) is 2.17. The highest BCUT2D eigenvalue weighted by atomic mass is 16.5. The van der Waals surface area contributed by atoms with Crippen LogP contribution in [0.5, 0.6) is 0 Å². The van der Waals surface area contributed by atoms with Crippen LogP contribution in [-0.4, -0.2) is 41.8 Å². The number of carboxylic acid groups (broad SMARTS) is 1. The number of carbonyl (C=O) groups is 3. The van der Waals surface area contributed by atoms with Gasteiger partial charge in [-0.2, -0.15) is 0 Å². The van der Waals surface area contributed by atoms with Gasteiger partial charge in [-0.05, 0) is 20.3 Å². The Balaban J connectivity index is 4.23. The number of esters is 1. The smallest absolute Gasteiger partial charge is 0.328 e. The Kier molecular flexibility index (Phi) is 7.50. The van der Waals surface area contributed by atoms with E-state index < -0.39 is 30.1 Å². The zero-order valence-corrected chi connectivity index (χ0v) is 10.9. The van der Waals surface area contributed by atoms with Crippen molar-refractivity contribution >= 4 is 18.0 Å². The van der Waals surface area contributed by atoms with Gasteiger partial charge in [0.05, 0.1) is 6.61 Å². The van der Waals surface area contributed by atoms with Gasteiger partial charge in [-0.15, -0.1) is 0 Å². The molecule has 2 atom stereocenters. The topological polar surface area (TPSA) is 105 Å². The molecule has 0 fully saturated rings. The average Bonchev–Trinajstić information content (AvgIpc) is 2.28. The van der Waals surface area contributed by atoms with Crippen LogP contribution in [0.1, 0.15) is 33.6 Å². The number of nitrogens with one attached hydrogen (secondary N) is 2. The lowest BCUT2D eigenvalue weighted by Crippen LogP contribution is -2.50. The molecule has 0 aliphatic rings. The van der Waals surface area contributed by atoms with Gasteiger partial charge < -0.3 is 20.5 Å². The standard InChI is InChI=1S/C11H20N2O5/c1-4-6-8(9(14)15)13-11(17)12-7(3)10(16)18-5-2/h7-8H,4-6H2,1-3H3,(H,14,15)(H2,12,13,17)/t7?,8-/m0/s1. The molecular formula is C11H20N2O5. The minimum Gasteiger partial charge on any atom is -0.480 e. The predicted molar refractivity (Wildman–Crippen MR) is 64.1 cm³/mol. The van der Waals surface area contributed by atoms with Crippen molar-refractivity contribution in [3.63, 3.8) is 0 Å². The highest BCUT2D eigenvalue weighted by Gasteiger charge is 2.21. The van der Waals surface area contributed by atoms with Crippen molar-refractivity contribution < 1.29 is 24.2 Å². The van der Waals surface area contributed by atoms with E-state index in [2.05, 4.69) is 10.6 Å². The normalized spacial score (nSPS) is 13.3. The number of carbonyl (C=O) groups excluding carboxylic acids is 2. The van der Waals surface area contributed by atoms with Crippen molar-refractivity contribution in [1.82, 2.24) is 10.6 Å². The van der Waals surface area contributed by atoms with Crippen LogP contribution in [0.25, 0.3) is 0 Å². The summed E-state index contributed by atoms with van der Waals surface area (Å²) in [6, 6.07) is -2.47. The van der Waals surface area contributed by atoms with E-state index in [1.165, 1.54) is 6.92 Å². The zero-order valence-electron chi connectivity index (χ0n) is 10.9. The maximum atomic E-state index is 11.5. The number of amides is 2. The van der Waals surface area contributed by atoms with Crippen LogP contribution < -0.4 is 10.6 Å². The summed E-state index contributed by atoms with van der Waals surface area (Å²) < 4.78 is 4.71. The predicted octanol–water partition coefficient (Wildman–Crippen LogP) is 0.491. The summed E-state index contributed by atoms with van der Waals surface area (Å²) in [5, 5.41) is 13.5. The van der Waals surface area contributed by atoms with Gasteiger partial charge in [-0.3, -0.25) is 0 Å². The monoisotopic (exact) mass is 260 g/mol. The van der Waals surface area contributed by atoms with Gasteiger partial charge in [0.2, 0.25) is 0 Å². The molecule has 0 heterocycles. The van der Waals surface area contributed by atoms with Gasteiger partial charge in [-0.1, -0.05) is 13.3 Å². The molecule has 0 saturated carbocycles. The molecule has 0 aliphatic carbocycles. The molecule has 0 spiro atoms. The molecule has 2 amide bonds. The number of urea groups is 1. The first-order valence-electron chi connectivity index (χ1n) is 5.88. The van der Waals surface area contributed by atoms with Crippen LogP contribution in [0.4, 0.5) is 4.79 Å². The minimum atomic E-state index is -1.10. The Morgan fingerprint density at radius 3 is 2.28 bits per heavy atom. The van der Waals surface area contributed by atoms with E-state index in [0.717, 1.165) is 0 Å². The van der Waals surface area contributed by atoms with E-state index in [0.29, 0.717) is 12.8 Å². The highest BCUT2D eigenvalue weighted by molar-refractivity contribution is 5.86. The average molecular weight is 260 g/mol. The maximum Gasteiger partial charge on any atom is 0.328 e. The summed E-state index contributed by atoms with van der Waals surface area (Å²) in [4.78, 5) is 33.5. The quantitative estimate of drug-likeness (QED) is 0.578. The van der Waals surface area contributed by atoms with E-state index in [1.54, 1.807) is 6.92 Å². The first-order valence-corrected chi connectivity index (χ1v) is 5.88. The van der Waals surface area contributed by atoms with E-state index >= 15 is 0 Å². The van der Waals surface area contributed by atoms with E-state index in [-0.39, 0.29) is 6.61 Å². The molecule has 0 rings (SSSR count). The highest BCUT2D eigenvalue weighted by Crippen LogP contribution is 1.97. The molecular weight excluding hydrogens is 240 g/mol. The van der Waals surface area contributed by atoms with E-state index in [9.17, 15) is 14.4 Å². The van der Waals surface area contributed by atoms with Crippen molar-refractivity contribution in [2.24, 2.45) is 0 Å². The zero-order chi connectivity index (χ0) is 14.1. The summed E-state index contributed by atoms with van der Waals surface area (Å²) in [5.74, 6) is -1.66. The van der Waals surface area contributed by atoms with Crippen LogP contribution in [0.2, 0.25) is 0 Å². The molecule has 7 nitrogen and oxygen atoms in total. The Bertz CT molecular complexity index is 306. The van der Waals surface area contributed by atoms with E-state index in [1.807, 2.05) is 6.92 Å². The Morgan fingerprint density at radius 2 is 1.83 bits per heavy atom. The fourth-order valence-corrected chi connectivity index (χ4v) is 1.27. The Morgan fingerprint density at radius 1 is 1.22 bits per heavy atom. The molecule has 104 valence electrons. The van der Waals surface area contributed by atoms with Crippen LogP contribution >= 0.6 is 0 Å². The summed E-state index contributed by atoms with van der Waals surface area (Å²) in [6.45, 7) is 5.16. The summed E-state index contributed by atoms with van der Waals surface area (Å²) in [5.41, 5.74) is 0. The lowest BCUT2D eigenvalue weighted by molar-refractivity contribution is -0.144. The molecule has 3 N–H and O–H groups in total. The Hall–Kier alpha value is -1.79. The van der Waals surface area contributed by atoms with Gasteiger partial charge in [0.25, 0.3) is 0 Å². The maximum absolute atomic E-state index is 11.5. The summed E-state index contributed by atoms with van der Waals surface area (Å²) in [7, 11) is 0. The number of hydrogen-bond acceptors (Lipinski definition) is 4. The first-order chi connectivity index (χ1) is 8.42. The molecule has 18 heavy (non-hydrogen) atoms. The van der Waals surface area contributed by atoms with Gasteiger partial charge in [-0.25, -0.2) is 14.4 Å².